The molecule has 1 aliphatic rings. The van der Waals surface area contributed by atoms with Gasteiger partial charge in [-0.2, -0.15) is 0 Å². The number of likely N-dealkylation sites (tertiary alicyclic amines) is 1. The lowest BCUT2D eigenvalue weighted by Gasteiger charge is -2.31. The summed E-state index contributed by atoms with van der Waals surface area (Å²) >= 11 is 0. The van der Waals surface area contributed by atoms with E-state index in [0.29, 0.717) is 23.7 Å². The molecule has 0 radical (unpaired) electrons. The molecule has 0 saturated carbocycles. The van der Waals surface area contributed by atoms with Crippen LogP contribution in [0.2, 0.25) is 0 Å². The van der Waals surface area contributed by atoms with Crippen LogP contribution in [-0.4, -0.2) is 37.6 Å². The molecule has 4 heteroatoms. The van der Waals surface area contributed by atoms with Gasteiger partial charge in [-0.05, 0) is 31.0 Å². The second kappa shape index (κ2) is 7.91. The molecule has 21 heavy (non-hydrogen) atoms. The summed E-state index contributed by atoms with van der Waals surface area (Å²) in [6.45, 7) is 4.60. The van der Waals surface area contributed by atoms with Crippen molar-refractivity contribution in [2.24, 2.45) is 0 Å². The number of unbranched alkanes of at least 4 members (excludes halogenated alkanes) is 3. The smallest absolute Gasteiger partial charge is 0.253 e. The molecular weight excluding hydrogens is 266 g/mol. The molecular formula is C17H25NO3. The first-order valence-corrected chi connectivity index (χ1v) is 7.86. The normalized spacial score (nSPS) is 13.7. The Bertz CT molecular complexity index is 469. The second-order valence-corrected chi connectivity index (χ2v) is 5.42. The molecule has 2 rings (SSSR count). The van der Waals surface area contributed by atoms with Gasteiger partial charge in [0.2, 0.25) is 0 Å². The highest BCUT2D eigenvalue weighted by atomic mass is 16.5. The molecule has 4 nitrogen and oxygen atoms in total. The van der Waals surface area contributed by atoms with E-state index in [-0.39, 0.29) is 5.91 Å². The fourth-order valence-corrected chi connectivity index (χ4v) is 2.33. The van der Waals surface area contributed by atoms with E-state index in [4.69, 9.17) is 9.47 Å². The number of carbonyl (C=O) groups excluding carboxylic acids is 1. The molecule has 0 bridgehead atoms. The molecule has 1 amide bonds. The van der Waals surface area contributed by atoms with Gasteiger partial charge in [0.05, 0.1) is 13.7 Å². The lowest BCUT2D eigenvalue weighted by Crippen LogP contribution is -2.42. The van der Waals surface area contributed by atoms with Gasteiger partial charge < -0.3 is 14.4 Å². The van der Waals surface area contributed by atoms with E-state index in [1.54, 1.807) is 13.2 Å². The van der Waals surface area contributed by atoms with Gasteiger partial charge in [-0.1, -0.05) is 26.2 Å². The van der Waals surface area contributed by atoms with Crippen LogP contribution in [0.4, 0.5) is 0 Å². The number of benzene rings is 1. The van der Waals surface area contributed by atoms with Crippen LogP contribution < -0.4 is 9.47 Å². The topological polar surface area (TPSA) is 38.8 Å². The number of nitrogens with zero attached hydrogens (tertiary/aromatic N) is 1. The Kier molecular flexibility index (Phi) is 5.90. The number of hydrogen-bond acceptors (Lipinski definition) is 3. The van der Waals surface area contributed by atoms with Crippen LogP contribution in [0.25, 0.3) is 0 Å². The van der Waals surface area contributed by atoms with Crippen molar-refractivity contribution < 1.29 is 14.3 Å². The zero-order valence-electron chi connectivity index (χ0n) is 13.1. The quantitative estimate of drug-likeness (QED) is 0.688. The number of methoxy groups -OCH3 is 1. The van der Waals surface area contributed by atoms with Crippen LogP contribution >= 0.6 is 0 Å². The number of hydrogen-bond donors (Lipinski definition) is 0. The molecule has 0 N–H and O–H groups in total. The fourth-order valence-electron chi connectivity index (χ4n) is 2.33. The molecule has 0 atom stereocenters. The lowest BCUT2D eigenvalue weighted by molar-refractivity contribution is 0.0651. The van der Waals surface area contributed by atoms with Gasteiger partial charge in [0.25, 0.3) is 5.91 Å². The minimum Gasteiger partial charge on any atom is -0.493 e. The summed E-state index contributed by atoms with van der Waals surface area (Å²) < 4.78 is 11.1. The average Bonchev–Trinajstić information content (AvgIpc) is 2.45. The van der Waals surface area contributed by atoms with Crippen LogP contribution in [0, 0.1) is 0 Å². The SMILES string of the molecule is CCCCCCOc1ccc(C(=O)N2CCC2)cc1OC. The van der Waals surface area contributed by atoms with Crippen LogP contribution in [0.15, 0.2) is 18.2 Å². The number of rotatable bonds is 8. The zero-order chi connectivity index (χ0) is 15.1. The summed E-state index contributed by atoms with van der Waals surface area (Å²) in [5.41, 5.74) is 0.671. The largest absolute Gasteiger partial charge is 0.493 e. The highest BCUT2D eigenvalue weighted by molar-refractivity contribution is 5.95. The third-order valence-electron chi connectivity index (χ3n) is 3.81. The van der Waals surface area contributed by atoms with E-state index in [1.165, 1.54) is 19.3 Å². The summed E-state index contributed by atoms with van der Waals surface area (Å²) in [6.07, 6.45) is 5.79. The molecule has 116 valence electrons. The van der Waals surface area contributed by atoms with E-state index in [0.717, 1.165) is 25.9 Å². The molecule has 0 aromatic heterocycles. The highest BCUT2D eigenvalue weighted by Crippen LogP contribution is 2.29. The Balaban J connectivity index is 1.94. The van der Waals surface area contributed by atoms with E-state index in [1.807, 2.05) is 17.0 Å². The molecule has 1 saturated heterocycles. The molecule has 0 aliphatic carbocycles. The lowest BCUT2D eigenvalue weighted by atomic mass is 10.1. The van der Waals surface area contributed by atoms with Gasteiger partial charge >= 0.3 is 0 Å². The standard InChI is InChI=1S/C17H25NO3/c1-3-4-5-6-12-21-15-9-8-14(13-16(15)20-2)17(19)18-10-7-11-18/h8-9,13H,3-7,10-12H2,1-2H3. The molecule has 1 aliphatic heterocycles. The molecule has 0 spiro atoms. The number of ether oxygens (including phenoxy) is 2. The summed E-state index contributed by atoms with van der Waals surface area (Å²) in [7, 11) is 1.61. The summed E-state index contributed by atoms with van der Waals surface area (Å²) in [4.78, 5) is 14.0. The third-order valence-corrected chi connectivity index (χ3v) is 3.81. The van der Waals surface area contributed by atoms with Gasteiger partial charge in [-0.25, -0.2) is 0 Å². The first-order valence-electron chi connectivity index (χ1n) is 7.86. The minimum atomic E-state index is 0.0778. The fraction of sp³-hybridized carbons (Fsp3) is 0.588. The maximum Gasteiger partial charge on any atom is 0.253 e. The van der Waals surface area contributed by atoms with Gasteiger partial charge in [-0.3, -0.25) is 4.79 Å². The predicted molar refractivity (Wildman–Crippen MR) is 83.2 cm³/mol. The van der Waals surface area contributed by atoms with Crippen molar-refractivity contribution in [3.05, 3.63) is 23.8 Å². The summed E-state index contributed by atoms with van der Waals surface area (Å²) in [5.74, 6) is 1.43. The van der Waals surface area contributed by atoms with Crippen LogP contribution in [0.3, 0.4) is 0 Å². The van der Waals surface area contributed by atoms with Crippen molar-refractivity contribution in [1.82, 2.24) is 4.90 Å². The third kappa shape index (κ3) is 4.13. The Labute approximate surface area is 127 Å². The first kappa shape index (κ1) is 15.7. The van der Waals surface area contributed by atoms with Gasteiger partial charge in [0.15, 0.2) is 11.5 Å². The predicted octanol–water partition coefficient (Wildman–Crippen LogP) is 3.50. The van der Waals surface area contributed by atoms with Crippen molar-refractivity contribution >= 4 is 5.91 Å². The number of amides is 1. The van der Waals surface area contributed by atoms with Crippen molar-refractivity contribution in [3.8, 4) is 11.5 Å². The van der Waals surface area contributed by atoms with Gasteiger partial charge in [-0.15, -0.1) is 0 Å². The Hall–Kier alpha value is -1.71. The molecule has 1 fully saturated rings. The Morgan fingerprint density at radius 3 is 2.62 bits per heavy atom. The Morgan fingerprint density at radius 1 is 1.19 bits per heavy atom. The number of carbonyl (C=O) groups is 1. The molecule has 0 unspecified atom stereocenters. The van der Waals surface area contributed by atoms with Crippen molar-refractivity contribution in [3.63, 3.8) is 0 Å². The van der Waals surface area contributed by atoms with Crippen LogP contribution in [0.5, 0.6) is 11.5 Å². The summed E-state index contributed by atoms with van der Waals surface area (Å²) in [5, 5.41) is 0. The Morgan fingerprint density at radius 2 is 2.00 bits per heavy atom. The molecule has 1 heterocycles. The minimum absolute atomic E-state index is 0.0778. The van der Waals surface area contributed by atoms with E-state index < -0.39 is 0 Å². The highest BCUT2D eigenvalue weighted by Gasteiger charge is 2.22. The van der Waals surface area contributed by atoms with Gasteiger partial charge in [0.1, 0.15) is 0 Å². The van der Waals surface area contributed by atoms with Crippen molar-refractivity contribution in [1.29, 1.82) is 0 Å². The zero-order valence-corrected chi connectivity index (χ0v) is 13.1. The van der Waals surface area contributed by atoms with E-state index in [9.17, 15) is 4.79 Å². The summed E-state index contributed by atoms with van der Waals surface area (Å²) in [6, 6.07) is 5.44. The average molecular weight is 291 g/mol. The van der Waals surface area contributed by atoms with Crippen LogP contribution in [-0.2, 0) is 0 Å². The first-order chi connectivity index (χ1) is 10.3. The van der Waals surface area contributed by atoms with E-state index in [2.05, 4.69) is 6.92 Å². The molecule has 1 aromatic rings. The van der Waals surface area contributed by atoms with Gasteiger partial charge in [0, 0.05) is 18.7 Å². The van der Waals surface area contributed by atoms with E-state index >= 15 is 0 Å². The molecule has 1 aromatic carbocycles. The maximum absolute atomic E-state index is 12.2. The monoisotopic (exact) mass is 291 g/mol. The van der Waals surface area contributed by atoms with Crippen LogP contribution in [0.1, 0.15) is 49.4 Å². The second-order valence-electron chi connectivity index (χ2n) is 5.42. The maximum atomic E-state index is 12.2. The van der Waals surface area contributed by atoms with Crippen molar-refractivity contribution in [2.75, 3.05) is 26.8 Å². The van der Waals surface area contributed by atoms with Crippen molar-refractivity contribution in [2.45, 2.75) is 39.0 Å².